The second-order valence-corrected chi connectivity index (χ2v) is 8.44. The van der Waals surface area contributed by atoms with Crippen LogP contribution in [0.3, 0.4) is 0 Å². The van der Waals surface area contributed by atoms with Gasteiger partial charge in [0.25, 0.3) is 0 Å². The fourth-order valence-electron chi connectivity index (χ4n) is 2.82. The number of hydrogen-bond donors (Lipinski definition) is 1. The number of carbonyl (C=O) groups is 2. The highest BCUT2D eigenvalue weighted by atomic mass is 32.2. The predicted octanol–water partition coefficient (Wildman–Crippen LogP) is 0.268. The van der Waals surface area contributed by atoms with Crippen LogP contribution in [0.4, 0.5) is 4.79 Å². The Morgan fingerprint density at radius 3 is 2.38 bits per heavy atom. The van der Waals surface area contributed by atoms with E-state index in [9.17, 15) is 18.0 Å². The van der Waals surface area contributed by atoms with Crippen LogP contribution in [0.2, 0.25) is 0 Å². The van der Waals surface area contributed by atoms with Crippen LogP contribution in [0, 0.1) is 11.8 Å². The standard InChI is InChI=1S/C13H22N2O5S/c1-9-5-10(9)6-14(2)13(18)15(7-12(16)17)11-3-4-21(19,20)8-11/h9-11H,3-8H2,1-2H3,(H,16,17). The van der Waals surface area contributed by atoms with Gasteiger partial charge in [0.2, 0.25) is 0 Å². The first-order valence-electron chi connectivity index (χ1n) is 7.13. The molecule has 120 valence electrons. The minimum Gasteiger partial charge on any atom is -0.480 e. The number of carboxylic acids is 1. The topological polar surface area (TPSA) is 95.0 Å². The minimum atomic E-state index is -3.16. The second kappa shape index (κ2) is 5.82. The summed E-state index contributed by atoms with van der Waals surface area (Å²) in [5, 5.41) is 8.98. The lowest BCUT2D eigenvalue weighted by Gasteiger charge is -2.31. The van der Waals surface area contributed by atoms with E-state index in [1.54, 1.807) is 7.05 Å². The molecule has 0 radical (unpaired) electrons. The smallest absolute Gasteiger partial charge is 0.323 e. The molecule has 3 unspecified atom stereocenters. The summed E-state index contributed by atoms with van der Waals surface area (Å²) in [4.78, 5) is 26.1. The van der Waals surface area contributed by atoms with Crippen molar-refractivity contribution in [3.63, 3.8) is 0 Å². The fraction of sp³-hybridized carbons (Fsp3) is 0.846. The highest BCUT2D eigenvalue weighted by molar-refractivity contribution is 7.91. The summed E-state index contributed by atoms with van der Waals surface area (Å²) in [5.41, 5.74) is 0. The van der Waals surface area contributed by atoms with E-state index in [-0.39, 0.29) is 11.5 Å². The van der Waals surface area contributed by atoms with Gasteiger partial charge in [-0.05, 0) is 24.7 Å². The molecule has 0 aromatic rings. The molecule has 2 aliphatic rings. The highest BCUT2D eigenvalue weighted by Crippen LogP contribution is 2.38. The van der Waals surface area contributed by atoms with Crippen molar-refractivity contribution in [2.75, 3.05) is 31.6 Å². The number of sulfone groups is 1. The maximum Gasteiger partial charge on any atom is 0.323 e. The number of rotatable bonds is 5. The zero-order valence-corrected chi connectivity index (χ0v) is 13.2. The Morgan fingerprint density at radius 2 is 1.95 bits per heavy atom. The van der Waals surface area contributed by atoms with Crippen LogP contribution in [0.15, 0.2) is 0 Å². The number of carbonyl (C=O) groups excluding carboxylic acids is 1. The summed E-state index contributed by atoms with van der Waals surface area (Å²) in [6, 6.07) is -0.920. The molecule has 1 heterocycles. The molecular weight excluding hydrogens is 296 g/mol. The average molecular weight is 318 g/mol. The van der Waals surface area contributed by atoms with E-state index in [1.165, 1.54) is 9.80 Å². The third kappa shape index (κ3) is 4.09. The maximum atomic E-state index is 12.4. The summed E-state index contributed by atoms with van der Waals surface area (Å²) < 4.78 is 23.1. The summed E-state index contributed by atoms with van der Waals surface area (Å²) in [6.07, 6.45) is 1.39. The van der Waals surface area contributed by atoms with Crippen LogP contribution in [-0.2, 0) is 14.6 Å². The van der Waals surface area contributed by atoms with Crippen LogP contribution >= 0.6 is 0 Å². The lowest BCUT2D eigenvalue weighted by atomic mass is 10.2. The van der Waals surface area contributed by atoms with E-state index in [0.29, 0.717) is 24.8 Å². The van der Waals surface area contributed by atoms with Gasteiger partial charge in [-0.25, -0.2) is 13.2 Å². The third-order valence-electron chi connectivity index (χ3n) is 4.31. The van der Waals surface area contributed by atoms with E-state index in [2.05, 4.69) is 6.92 Å². The van der Waals surface area contributed by atoms with E-state index >= 15 is 0 Å². The van der Waals surface area contributed by atoms with Crippen LogP contribution < -0.4 is 0 Å². The molecule has 2 rings (SSSR count). The molecule has 1 N–H and O–H groups in total. The van der Waals surface area contributed by atoms with Gasteiger partial charge in [-0.15, -0.1) is 0 Å². The molecule has 0 aromatic carbocycles. The number of hydrogen-bond acceptors (Lipinski definition) is 4. The SMILES string of the molecule is CC1CC1CN(C)C(=O)N(CC(=O)O)C1CCS(=O)(=O)C1. The van der Waals surface area contributed by atoms with Crippen molar-refractivity contribution in [3.05, 3.63) is 0 Å². The number of urea groups is 1. The zero-order valence-electron chi connectivity index (χ0n) is 12.4. The highest BCUT2D eigenvalue weighted by Gasteiger charge is 2.39. The van der Waals surface area contributed by atoms with Gasteiger partial charge in [-0.2, -0.15) is 0 Å². The van der Waals surface area contributed by atoms with Crippen LogP contribution in [0.1, 0.15) is 19.8 Å². The van der Waals surface area contributed by atoms with Crippen LogP contribution in [0.5, 0.6) is 0 Å². The fourth-order valence-corrected chi connectivity index (χ4v) is 4.55. The summed E-state index contributed by atoms with van der Waals surface area (Å²) >= 11 is 0. The van der Waals surface area contributed by atoms with Gasteiger partial charge in [0.1, 0.15) is 6.54 Å². The number of carboxylic acid groups (broad SMARTS) is 1. The lowest BCUT2D eigenvalue weighted by molar-refractivity contribution is -0.138. The van der Waals surface area contributed by atoms with E-state index in [0.717, 1.165) is 6.42 Å². The molecule has 3 atom stereocenters. The molecule has 21 heavy (non-hydrogen) atoms. The van der Waals surface area contributed by atoms with Gasteiger partial charge in [0.05, 0.1) is 11.5 Å². The molecular formula is C13H22N2O5S. The Labute approximate surface area is 124 Å². The Hall–Kier alpha value is -1.31. The van der Waals surface area contributed by atoms with Gasteiger partial charge < -0.3 is 14.9 Å². The molecule has 1 aliphatic heterocycles. The first kappa shape index (κ1) is 16.1. The zero-order chi connectivity index (χ0) is 15.8. The summed E-state index contributed by atoms with van der Waals surface area (Å²) in [5.74, 6) is -0.178. The first-order chi connectivity index (χ1) is 9.69. The molecule has 7 nitrogen and oxygen atoms in total. The first-order valence-corrected chi connectivity index (χ1v) is 8.95. The van der Waals surface area contributed by atoms with E-state index < -0.39 is 34.4 Å². The van der Waals surface area contributed by atoms with Gasteiger partial charge in [0, 0.05) is 19.6 Å². The average Bonchev–Trinajstić information content (AvgIpc) is 2.92. The summed E-state index contributed by atoms with van der Waals surface area (Å²) in [7, 11) is -1.52. The Bertz CT molecular complexity index is 533. The van der Waals surface area contributed by atoms with Crippen molar-refractivity contribution >= 4 is 21.8 Å². The molecule has 2 fully saturated rings. The monoisotopic (exact) mass is 318 g/mol. The third-order valence-corrected chi connectivity index (χ3v) is 6.06. The second-order valence-electron chi connectivity index (χ2n) is 6.21. The van der Waals surface area contributed by atoms with E-state index in [4.69, 9.17) is 5.11 Å². The van der Waals surface area contributed by atoms with Crippen molar-refractivity contribution in [1.82, 2.24) is 9.80 Å². The quantitative estimate of drug-likeness (QED) is 0.785. The number of amides is 2. The Morgan fingerprint density at radius 1 is 1.33 bits per heavy atom. The molecule has 0 spiro atoms. The van der Waals surface area contributed by atoms with Crippen LogP contribution in [0.25, 0.3) is 0 Å². The van der Waals surface area contributed by atoms with Crippen molar-refractivity contribution < 1.29 is 23.1 Å². The van der Waals surface area contributed by atoms with Crippen LogP contribution in [-0.4, -0.2) is 73.0 Å². The molecule has 2 amide bonds. The number of nitrogens with zero attached hydrogens (tertiary/aromatic N) is 2. The lowest BCUT2D eigenvalue weighted by Crippen LogP contribution is -2.50. The van der Waals surface area contributed by atoms with Gasteiger partial charge in [0.15, 0.2) is 9.84 Å². The minimum absolute atomic E-state index is 0.0183. The van der Waals surface area contributed by atoms with Crippen molar-refractivity contribution in [2.24, 2.45) is 11.8 Å². The van der Waals surface area contributed by atoms with Crippen molar-refractivity contribution in [2.45, 2.75) is 25.8 Å². The molecule has 8 heteroatoms. The van der Waals surface area contributed by atoms with Crippen molar-refractivity contribution in [3.8, 4) is 0 Å². The summed E-state index contributed by atoms with van der Waals surface area (Å²) in [6.45, 7) is 2.25. The Balaban J connectivity index is 2.04. The van der Waals surface area contributed by atoms with Gasteiger partial charge in [-0.3, -0.25) is 4.79 Å². The molecule has 0 bridgehead atoms. The molecule has 1 saturated carbocycles. The maximum absolute atomic E-state index is 12.4. The largest absolute Gasteiger partial charge is 0.480 e. The molecule has 0 aromatic heterocycles. The van der Waals surface area contributed by atoms with E-state index in [1.807, 2.05) is 0 Å². The molecule has 1 aliphatic carbocycles. The van der Waals surface area contributed by atoms with Crippen molar-refractivity contribution in [1.29, 1.82) is 0 Å². The number of aliphatic carboxylic acids is 1. The predicted molar refractivity (Wildman–Crippen MR) is 76.7 cm³/mol. The Kier molecular flexibility index (Phi) is 4.46. The van der Waals surface area contributed by atoms with Gasteiger partial charge >= 0.3 is 12.0 Å². The normalized spacial score (nSPS) is 29.9. The molecule has 1 saturated heterocycles. The van der Waals surface area contributed by atoms with Gasteiger partial charge in [-0.1, -0.05) is 6.92 Å².